The van der Waals surface area contributed by atoms with Gasteiger partial charge in [-0.2, -0.15) is 0 Å². The number of aromatic nitrogens is 2. The van der Waals surface area contributed by atoms with E-state index >= 15 is 0 Å². The molecule has 5 rings (SSSR count). The van der Waals surface area contributed by atoms with E-state index in [0.717, 1.165) is 48.5 Å². The van der Waals surface area contributed by atoms with Crippen LogP contribution in [0.4, 0.5) is 11.4 Å². The van der Waals surface area contributed by atoms with E-state index in [1.807, 2.05) is 41.9 Å². The lowest BCUT2D eigenvalue weighted by Crippen LogP contribution is -2.22. The molecule has 178 valence electrons. The summed E-state index contributed by atoms with van der Waals surface area (Å²) in [6.45, 7) is 4.19. The van der Waals surface area contributed by atoms with Crippen LogP contribution in [0, 0.1) is 6.92 Å². The molecule has 3 heterocycles. The molecule has 4 aromatic rings. The van der Waals surface area contributed by atoms with Gasteiger partial charge in [-0.15, -0.1) is 0 Å². The fraction of sp³-hybridized carbons (Fsp3) is 0.222. The third-order valence-electron chi connectivity index (χ3n) is 6.13. The molecule has 1 saturated heterocycles. The lowest BCUT2D eigenvalue weighted by molar-refractivity contribution is 0.0996. The molecule has 0 spiro atoms. The van der Waals surface area contributed by atoms with Crippen LogP contribution >= 0.6 is 0 Å². The number of imidazole rings is 1. The second kappa shape index (κ2) is 9.50. The van der Waals surface area contributed by atoms with Gasteiger partial charge in [0.1, 0.15) is 18.0 Å². The van der Waals surface area contributed by atoms with Crippen LogP contribution in [0.3, 0.4) is 0 Å². The highest BCUT2D eigenvalue weighted by Gasteiger charge is 2.19. The van der Waals surface area contributed by atoms with E-state index in [1.165, 1.54) is 0 Å². The number of pyridine rings is 1. The zero-order valence-corrected chi connectivity index (χ0v) is 19.5. The topological polar surface area (TPSA) is 102 Å². The smallest absolute Gasteiger partial charge is 0.255 e. The van der Waals surface area contributed by atoms with Crippen molar-refractivity contribution in [1.29, 1.82) is 0 Å². The molecular weight excluding hydrogens is 442 g/mol. The molecule has 0 atom stereocenters. The van der Waals surface area contributed by atoms with Crippen LogP contribution in [0.5, 0.6) is 5.75 Å². The molecule has 0 bridgehead atoms. The summed E-state index contributed by atoms with van der Waals surface area (Å²) >= 11 is 0. The Balaban J connectivity index is 1.27. The van der Waals surface area contributed by atoms with E-state index in [4.69, 9.17) is 10.5 Å². The fourth-order valence-electron chi connectivity index (χ4n) is 4.30. The molecule has 1 aliphatic heterocycles. The number of nitrogens with two attached hydrogens (primary N) is 1. The van der Waals surface area contributed by atoms with Gasteiger partial charge in [-0.05, 0) is 73.9 Å². The molecule has 35 heavy (non-hydrogen) atoms. The standard InChI is InChI=1S/C27H27N5O3/c1-18-4-11-25-29-21(16-32(25)15-18)17-35-22-8-5-19(6-9-22)27(34)30-23-14-20(26(28)33)7-10-24(23)31-12-2-3-13-31/h4-11,14-16H,2-3,12-13,17H2,1H3,(H2,28,33)(H,30,34). The molecule has 0 aliphatic carbocycles. The number of carbonyl (C=O) groups excluding carboxylic acids is 2. The first-order valence-corrected chi connectivity index (χ1v) is 11.6. The molecule has 8 heteroatoms. The highest BCUT2D eigenvalue weighted by molar-refractivity contribution is 6.07. The summed E-state index contributed by atoms with van der Waals surface area (Å²) in [5.41, 5.74) is 10.6. The number of hydrogen-bond donors (Lipinski definition) is 2. The first kappa shape index (κ1) is 22.5. The molecule has 0 unspecified atom stereocenters. The van der Waals surface area contributed by atoms with Crippen molar-refractivity contribution < 1.29 is 14.3 Å². The summed E-state index contributed by atoms with van der Waals surface area (Å²) in [6.07, 6.45) is 6.16. The van der Waals surface area contributed by atoms with E-state index in [2.05, 4.69) is 15.2 Å². The van der Waals surface area contributed by atoms with E-state index in [-0.39, 0.29) is 5.91 Å². The van der Waals surface area contributed by atoms with Crippen LogP contribution in [-0.2, 0) is 6.61 Å². The molecule has 0 radical (unpaired) electrons. The Hall–Kier alpha value is -4.33. The number of hydrogen-bond acceptors (Lipinski definition) is 5. The molecule has 1 aliphatic rings. The SMILES string of the molecule is Cc1ccc2nc(COc3ccc(C(=O)Nc4cc(C(N)=O)ccc4N4CCCC4)cc3)cn2c1. The minimum Gasteiger partial charge on any atom is -0.487 e. The molecule has 0 saturated carbocycles. The van der Waals surface area contributed by atoms with E-state index in [9.17, 15) is 9.59 Å². The number of nitrogens with zero attached hydrogens (tertiary/aromatic N) is 3. The van der Waals surface area contributed by atoms with Crippen molar-refractivity contribution in [3.63, 3.8) is 0 Å². The van der Waals surface area contributed by atoms with Gasteiger partial charge in [0.25, 0.3) is 5.91 Å². The second-order valence-corrected chi connectivity index (χ2v) is 8.76. The number of benzene rings is 2. The van der Waals surface area contributed by atoms with Crippen molar-refractivity contribution in [3.05, 3.63) is 89.4 Å². The van der Waals surface area contributed by atoms with E-state index in [0.29, 0.717) is 29.2 Å². The maximum atomic E-state index is 13.0. The van der Waals surface area contributed by atoms with Gasteiger partial charge in [-0.1, -0.05) is 6.07 Å². The summed E-state index contributed by atoms with van der Waals surface area (Å²) < 4.78 is 7.85. The minimum absolute atomic E-state index is 0.269. The van der Waals surface area contributed by atoms with Crippen LogP contribution in [0.1, 0.15) is 44.8 Å². The normalized spacial score (nSPS) is 13.2. The molecule has 2 aromatic carbocycles. The van der Waals surface area contributed by atoms with Gasteiger partial charge in [0.2, 0.25) is 5.91 Å². The number of amides is 2. The minimum atomic E-state index is -0.532. The molecule has 2 aromatic heterocycles. The van der Waals surface area contributed by atoms with Gasteiger partial charge in [-0.25, -0.2) is 4.98 Å². The van der Waals surface area contributed by atoms with Gasteiger partial charge in [0, 0.05) is 36.6 Å². The van der Waals surface area contributed by atoms with Crippen LogP contribution in [0.2, 0.25) is 0 Å². The zero-order chi connectivity index (χ0) is 24.4. The predicted molar refractivity (Wildman–Crippen MR) is 135 cm³/mol. The second-order valence-electron chi connectivity index (χ2n) is 8.76. The van der Waals surface area contributed by atoms with Gasteiger partial charge < -0.3 is 25.1 Å². The molecule has 3 N–H and O–H groups in total. The van der Waals surface area contributed by atoms with Gasteiger partial charge >= 0.3 is 0 Å². The van der Waals surface area contributed by atoms with Crippen molar-refractivity contribution in [2.45, 2.75) is 26.4 Å². The summed E-state index contributed by atoms with van der Waals surface area (Å²) in [4.78, 5) is 31.4. The van der Waals surface area contributed by atoms with Gasteiger partial charge in [0.05, 0.1) is 17.1 Å². The summed E-state index contributed by atoms with van der Waals surface area (Å²) in [5, 5.41) is 2.95. The summed E-state index contributed by atoms with van der Waals surface area (Å²) in [5.74, 6) is -0.159. The Kier molecular flexibility index (Phi) is 6.10. The number of ether oxygens (including phenoxy) is 1. The first-order chi connectivity index (χ1) is 17.0. The number of carbonyl (C=O) groups is 2. The Labute approximate surface area is 203 Å². The molecular formula is C27H27N5O3. The van der Waals surface area contributed by atoms with Crippen molar-refractivity contribution in [1.82, 2.24) is 9.38 Å². The Morgan fingerprint density at radius 2 is 1.74 bits per heavy atom. The Morgan fingerprint density at radius 1 is 1.00 bits per heavy atom. The van der Waals surface area contributed by atoms with Crippen molar-refractivity contribution in [2.75, 3.05) is 23.3 Å². The largest absolute Gasteiger partial charge is 0.487 e. The van der Waals surface area contributed by atoms with Gasteiger partial charge in [0.15, 0.2) is 0 Å². The quantitative estimate of drug-likeness (QED) is 0.423. The Bertz CT molecular complexity index is 1390. The van der Waals surface area contributed by atoms with Crippen LogP contribution in [0.25, 0.3) is 5.65 Å². The molecule has 8 nitrogen and oxygen atoms in total. The Morgan fingerprint density at radius 3 is 2.49 bits per heavy atom. The van der Waals surface area contributed by atoms with Crippen molar-refractivity contribution in [3.8, 4) is 5.75 Å². The average Bonchev–Trinajstić information content (AvgIpc) is 3.52. The molecule has 1 fully saturated rings. The number of fused-ring (bicyclic) bond motifs is 1. The number of rotatable bonds is 7. The highest BCUT2D eigenvalue weighted by atomic mass is 16.5. The zero-order valence-electron chi connectivity index (χ0n) is 19.5. The number of primary amides is 1. The molecule has 2 amide bonds. The fourth-order valence-corrected chi connectivity index (χ4v) is 4.30. The third-order valence-corrected chi connectivity index (χ3v) is 6.13. The van der Waals surface area contributed by atoms with Crippen LogP contribution in [-0.4, -0.2) is 34.3 Å². The third kappa shape index (κ3) is 4.96. The van der Waals surface area contributed by atoms with Crippen LogP contribution < -0.4 is 20.7 Å². The number of anilines is 2. The highest BCUT2D eigenvalue weighted by Crippen LogP contribution is 2.30. The number of aryl methyl sites for hydroxylation is 1. The van der Waals surface area contributed by atoms with Crippen LogP contribution in [0.15, 0.2) is 67.0 Å². The average molecular weight is 470 g/mol. The first-order valence-electron chi connectivity index (χ1n) is 11.6. The van der Waals surface area contributed by atoms with E-state index in [1.54, 1.807) is 36.4 Å². The van der Waals surface area contributed by atoms with Crippen molar-refractivity contribution in [2.24, 2.45) is 5.73 Å². The summed E-state index contributed by atoms with van der Waals surface area (Å²) in [7, 11) is 0. The van der Waals surface area contributed by atoms with Crippen molar-refractivity contribution >= 4 is 28.8 Å². The monoisotopic (exact) mass is 469 g/mol. The summed E-state index contributed by atoms with van der Waals surface area (Å²) in [6, 6.07) is 16.1. The number of nitrogens with one attached hydrogen (secondary N) is 1. The van der Waals surface area contributed by atoms with Gasteiger partial charge in [-0.3, -0.25) is 9.59 Å². The lowest BCUT2D eigenvalue weighted by Gasteiger charge is -2.22. The van der Waals surface area contributed by atoms with E-state index < -0.39 is 5.91 Å². The predicted octanol–water partition coefficient (Wildman–Crippen LogP) is 4.17. The maximum Gasteiger partial charge on any atom is 0.255 e. The lowest BCUT2D eigenvalue weighted by atomic mass is 10.1. The maximum absolute atomic E-state index is 13.0.